The first-order chi connectivity index (χ1) is 14.6. The van der Waals surface area contributed by atoms with Gasteiger partial charge in [-0.1, -0.05) is 42.5 Å². The summed E-state index contributed by atoms with van der Waals surface area (Å²) >= 11 is 0. The number of ether oxygens (including phenoxy) is 1. The van der Waals surface area contributed by atoms with Crippen molar-refractivity contribution in [1.82, 2.24) is 20.4 Å². The average Bonchev–Trinajstić information content (AvgIpc) is 3.03. The molecule has 0 aliphatic heterocycles. The molecule has 6 heteroatoms. The Morgan fingerprint density at radius 1 is 1.00 bits per heavy atom. The number of aliphatic imine (C=N–C) groups is 1. The van der Waals surface area contributed by atoms with Gasteiger partial charge in [-0.2, -0.15) is 5.10 Å². The minimum atomic E-state index is 0.602. The lowest BCUT2D eigenvalue weighted by Gasteiger charge is -2.12. The molecule has 0 radical (unpaired) electrons. The third-order valence-corrected chi connectivity index (χ3v) is 5.06. The first-order valence-corrected chi connectivity index (χ1v) is 10.3. The number of rotatable bonds is 8. The molecule has 0 fully saturated rings. The standard InChI is InChI=1S/C24H31N5O/c1-5-25-24(26-15-20-11-13-22(30-4)14-12-20)27-16-23-18(2)28-29(19(23)3)17-21-9-7-6-8-10-21/h6-14H,5,15-17H2,1-4H3,(H2,25,26,27). The van der Waals surface area contributed by atoms with Crippen LogP contribution in [0.2, 0.25) is 0 Å². The van der Waals surface area contributed by atoms with E-state index in [1.54, 1.807) is 7.11 Å². The Bertz CT molecular complexity index is 961. The normalized spacial score (nSPS) is 11.4. The van der Waals surface area contributed by atoms with Gasteiger partial charge in [0, 0.05) is 24.3 Å². The molecule has 0 saturated heterocycles. The maximum Gasteiger partial charge on any atom is 0.191 e. The second-order valence-electron chi connectivity index (χ2n) is 7.19. The summed E-state index contributed by atoms with van der Waals surface area (Å²) in [5.41, 5.74) is 5.81. The van der Waals surface area contributed by atoms with Crippen LogP contribution in [0.15, 0.2) is 59.6 Å². The second kappa shape index (κ2) is 10.5. The third-order valence-electron chi connectivity index (χ3n) is 5.06. The van der Waals surface area contributed by atoms with E-state index in [1.165, 1.54) is 16.8 Å². The summed E-state index contributed by atoms with van der Waals surface area (Å²) in [4.78, 5) is 4.71. The van der Waals surface area contributed by atoms with Gasteiger partial charge in [0.25, 0.3) is 0 Å². The van der Waals surface area contributed by atoms with Crippen molar-refractivity contribution in [2.75, 3.05) is 13.7 Å². The van der Waals surface area contributed by atoms with Crippen molar-refractivity contribution in [3.05, 3.63) is 82.7 Å². The number of aromatic nitrogens is 2. The van der Waals surface area contributed by atoms with Crippen molar-refractivity contribution < 1.29 is 4.74 Å². The van der Waals surface area contributed by atoms with E-state index in [0.29, 0.717) is 13.1 Å². The van der Waals surface area contributed by atoms with E-state index in [-0.39, 0.29) is 0 Å². The molecular formula is C24H31N5O. The van der Waals surface area contributed by atoms with Crippen LogP contribution < -0.4 is 15.4 Å². The second-order valence-corrected chi connectivity index (χ2v) is 7.19. The zero-order valence-corrected chi connectivity index (χ0v) is 18.3. The largest absolute Gasteiger partial charge is 0.497 e. The minimum Gasteiger partial charge on any atom is -0.497 e. The SMILES string of the molecule is CCNC(=NCc1ccc(OC)cc1)NCc1c(C)nn(Cc2ccccc2)c1C. The lowest BCUT2D eigenvalue weighted by Crippen LogP contribution is -2.37. The Morgan fingerprint density at radius 2 is 1.73 bits per heavy atom. The summed E-state index contributed by atoms with van der Waals surface area (Å²) in [6, 6.07) is 18.4. The number of hydrogen-bond acceptors (Lipinski definition) is 3. The van der Waals surface area contributed by atoms with Crippen LogP contribution in [0.25, 0.3) is 0 Å². The predicted octanol–water partition coefficient (Wildman–Crippen LogP) is 3.81. The Morgan fingerprint density at radius 3 is 2.40 bits per heavy atom. The fourth-order valence-electron chi connectivity index (χ4n) is 3.32. The summed E-state index contributed by atoms with van der Waals surface area (Å²) in [6.07, 6.45) is 0. The first kappa shape index (κ1) is 21.4. The van der Waals surface area contributed by atoms with Crippen LogP contribution in [0.4, 0.5) is 0 Å². The summed E-state index contributed by atoms with van der Waals surface area (Å²) in [7, 11) is 1.67. The molecule has 0 saturated carbocycles. The summed E-state index contributed by atoms with van der Waals surface area (Å²) in [5.74, 6) is 1.65. The molecule has 0 unspecified atom stereocenters. The van der Waals surface area contributed by atoms with Crippen LogP contribution in [-0.4, -0.2) is 29.4 Å². The zero-order chi connectivity index (χ0) is 21.3. The van der Waals surface area contributed by atoms with Gasteiger partial charge in [-0.25, -0.2) is 4.99 Å². The van der Waals surface area contributed by atoms with Crippen LogP contribution in [-0.2, 0) is 19.6 Å². The predicted molar refractivity (Wildman–Crippen MR) is 122 cm³/mol. The molecule has 158 valence electrons. The average molecular weight is 406 g/mol. The molecule has 3 rings (SSSR count). The van der Waals surface area contributed by atoms with Crippen LogP contribution in [0.1, 0.15) is 35.0 Å². The smallest absolute Gasteiger partial charge is 0.191 e. The highest BCUT2D eigenvalue weighted by atomic mass is 16.5. The van der Waals surface area contributed by atoms with Crippen molar-refractivity contribution >= 4 is 5.96 Å². The van der Waals surface area contributed by atoms with E-state index in [1.807, 2.05) is 30.3 Å². The fraction of sp³-hybridized carbons (Fsp3) is 0.333. The van der Waals surface area contributed by atoms with E-state index in [2.05, 4.69) is 60.4 Å². The number of nitrogens with zero attached hydrogens (tertiary/aromatic N) is 3. The molecule has 0 spiro atoms. The topological polar surface area (TPSA) is 63.5 Å². The molecule has 2 N–H and O–H groups in total. The molecule has 1 heterocycles. The molecule has 1 aromatic heterocycles. The highest BCUT2D eigenvalue weighted by Crippen LogP contribution is 2.15. The van der Waals surface area contributed by atoms with Crippen molar-refractivity contribution in [2.24, 2.45) is 4.99 Å². The van der Waals surface area contributed by atoms with E-state index in [4.69, 9.17) is 14.8 Å². The van der Waals surface area contributed by atoms with Crippen LogP contribution in [0, 0.1) is 13.8 Å². The van der Waals surface area contributed by atoms with Gasteiger partial charge in [-0.3, -0.25) is 4.68 Å². The fourth-order valence-corrected chi connectivity index (χ4v) is 3.32. The van der Waals surface area contributed by atoms with Gasteiger partial charge in [-0.15, -0.1) is 0 Å². The number of nitrogens with one attached hydrogen (secondary N) is 2. The minimum absolute atomic E-state index is 0.602. The van der Waals surface area contributed by atoms with Crippen LogP contribution >= 0.6 is 0 Å². The molecule has 0 atom stereocenters. The number of methoxy groups -OCH3 is 1. The van der Waals surface area contributed by atoms with Gasteiger partial charge < -0.3 is 15.4 Å². The van der Waals surface area contributed by atoms with Gasteiger partial charge in [0.05, 0.1) is 25.9 Å². The Balaban J connectivity index is 1.66. The van der Waals surface area contributed by atoms with E-state index in [0.717, 1.165) is 36.1 Å². The zero-order valence-electron chi connectivity index (χ0n) is 18.3. The molecule has 6 nitrogen and oxygen atoms in total. The monoisotopic (exact) mass is 405 g/mol. The van der Waals surface area contributed by atoms with Crippen LogP contribution in [0.5, 0.6) is 5.75 Å². The van der Waals surface area contributed by atoms with Crippen molar-refractivity contribution in [2.45, 2.75) is 40.4 Å². The Hall–Kier alpha value is -3.28. The van der Waals surface area contributed by atoms with Gasteiger partial charge >= 0.3 is 0 Å². The van der Waals surface area contributed by atoms with Gasteiger partial charge in [-0.05, 0) is 44.0 Å². The highest BCUT2D eigenvalue weighted by molar-refractivity contribution is 5.79. The summed E-state index contributed by atoms with van der Waals surface area (Å²) in [6.45, 7) is 9.12. The molecule has 0 bridgehead atoms. The number of hydrogen-bond donors (Lipinski definition) is 2. The number of guanidine groups is 1. The first-order valence-electron chi connectivity index (χ1n) is 10.3. The van der Waals surface area contributed by atoms with Gasteiger partial charge in [0.1, 0.15) is 5.75 Å². The number of aryl methyl sites for hydroxylation is 1. The van der Waals surface area contributed by atoms with Crippen molar-refractivity contribution in [3.63, 3.8) is 0 Å². The summed E-state index contributed by atoms with van der Waals surface area (Å²) < 4.78 is 7.29. The summed E-state index contributed by atoms with van der Waals surface area (Å²) in [5, 5.41) is 11.5. The van der Waals surface area contributed by atoms with Gasteiger partial charge in [0.15, 0.2) is 5.96 Å². The van der Waals surface area contributed by atoms with E-state index < -0.39 is 0 Å². The molecule has 0 amide bonds. The molecule has 0 aliphatic carbocycles. The maximum atomic E-state index is 5.21. The molecule has 0 aliphatic rings. The van der Waals surface area contributed by atoms with Crippen molar-refractivity contribution in [3.8, 4) is 5.75 Å². The van der Waals surface area contributed by atoms with Crippen molar-refractivity contribution in [1.29, 1.82) is 0 Å². The Labute approximate surface area is 179 Å². The lowest BCUT2D eigenvalue weighted by atomic mass is 10.2. The molecular weight excluding hydrogens is 374 g/mol. The van der Waals surface area contributed by atoms with Gasteiger partial charge in [0.2, 0.25) is 0 Å². The molecule has 30 heavy (non-hydrogen) atoms. The third kappa shape index (κ3) is 5.63. The molecule has 3 aromatic rings. The quantitative estimate of drug-likeness (QED) is 0.442. The lowest BCUT2D eigenvalue weighted by molar-refractivity contribution is 0.414. The van der Waals surface area contributed by atoms with Crippen LogP contribution in [0.3, 0.4) is 0 Å². The highest BCUT2D eigenvalue weighted by Gasteiger charge is 2.12. The maximum absolute atomic E-state index is 5.21. The Kier molecular flexibility index (Phi) is 7.49. The van der Waals surface area contributed by atoms with E-state index in [9.17, 15) is 0 Å². The van der Waals surface area contributed by atoms with E-state index >= 15 is 0 Å². The molecule has 2 aromatic carbocycles. The number of benzene rings is 2.